The zero-order valence-corrected chi connectivity index (χ0v) is 23.1. The van der Waals surface area contributed by atoms with Gasteiger partial charge in [-0.2, -0.15) is 5.26 Å². The Bertz CT molecular complexity index is 1480. The zero-order chi connectivity index (χ0) is 30.8. The molecule has 3 aliphatic rings. The molecule has 2 aromatic rings. The van der Waals surface area contributed by atoms with Crippen LogP contribution in [0.4, 0.5) is 13.2 Å². The first kappa shape index (κ1) is 30.0. The van der Waals surface area contributed by atoms with Crippen LogP contribution in [-0.4, -0.2) is 72.6 Å². The molecule has 1 N–H and O–H groups in total. The molecule has 0 aromatic heterocycles. The number of halogens is 3. The van der Waals surface area contributed by atoms with Crippen LogP contribution in [0.1, 0.15) is 58.4 Å². The van der Waals surface area contributed by atoms with E-state index in [1.165, 1.54) is 24.3 Å². The molecule has 0 saturated carbocycles. The Labute approximate surface area is 245 Å². The Kier molecular flexibility index (Phi) is 8.41. The Balaban J connectivity index is 1.15. The summed E-state index contributed by atoms with van der Waals surface area (Å²) in [6, 6.07) is 12.7. The number of amides is 4. The third-order valence-corrected chi connectivity index (χ3v) is 8.15. The first-order valence-electron chi connectivity index (χ1n) is 14.0. The number of para-hydroxylation sites is 1. The molecule has 2 saturated heterocycles. The van der Waals surface area contributed by atoms with Gasteiger partial charge in [0.15, 0.2) is 0 Å². The largest absolute Gasteiger partial charge is 0.573 e. The molecule has 4 amide bonds. The van der Waals surface area contributed by atoms with Crippen LogP contribution >= 0.6 is 0 Å². The van der Waals surface area contributed by atoms with E-state index in [-0.39, 0.29) is 60.1 Å². The minimum Gasteiger partial charge on any atom is -0.493 e. The monoisotopic (exact) mass is 598 g/mol. The number of fused-ring (bicyclic) bond motifs is 1. The number of rotatable bonds is 9. The van der Waals surface area contributed by atoms with E-state index in [2.05, 4.69) is 21.0 Å². The van der Waals surface area contributed by atoms with Gasteiger partial charge in [-0.1, -0.05) is 24.3 Å². The Morgan fingerprint density at radius 1 is 1.00 bits per heavy atom. The number of imide groups is 2. The van der Waals surface area contributed by atoms with Gasteiger partial charge in [-0.25, -0.2) is 0 Å². The van der Waals surface area contributed by atoms with Crippen LogP contribution in [0.25, 0.3) is 0 Å². The molecular formula is C30H29F3N4O6. The van der Waals surface area contributed by atoms with Crippen molar-refractivity contribution in [3.63, 3.8) is 0 Å². The number of hydrogen-bond donors (Lipinski definition) is 1. The average molecular weight is 599 g/mol. The van der Waals surface area contributed by atoms with E-state index in [1.54, 1.807) is 18.2 Å². The van der Waals surface area contributed by atoms with Crippen LogP contribution in [0.3, 0.4) is 0 Å². The van der Waals surface area contributed by atoms with Crippen molar-refractivity contribution in [1.29, 1.82) is 5.26 Å². The summed E-state index contributed by atoms with van der Waals surface area (Å²) in [5.41, 5.74) is -0.558. The second kappa shape index (κ2) is 12.0. The number of ether oxygens (including phenoxy) is 2. The molecule has 0 radical (unpaired) electrons. The maximum atomic E-state index is 13.2. The van der Waals surface area contributed by atoms with E-state index in [4.69, 9.17) is 4.74 Å². The average Bonchev–Trinajstić information content (AvgIpc) is 3.22. The summed E-state index contributed by atoms with van der Waals surface area (Å²) in [7, 11) is 0. The summed E-state index contributed by atoms with van der Waals surface area (Å²) in [4.78, 5) is 52.9. The van der Waals surface area contributed by atoms with Gasteiger partial charge in [-0.3, -0.25) is 29.4 Å². The molecule has 0 bridgehead atoms. The lowest BCUT2D eigenvalue weighted by Crippen LogP contribution is -2.46. The van der Waals surface area contributed by atoms with Crippen molar-refractivity contribution in [2.45, 2.75) is 43.9 Å². The third kappa shape index (κ3) is 6.34. The first-order valence-corrected chi connectivity index (χ1v) is 14.0. The fraction of sp³-hybridized carbons (Fsp3) is 0.433. The smallest absolute Gasteiger partial charge is 0.493 e. The van der Waals surface area contributed by atoms with Gasteiger partial charge in [0.1, 0.15) is 11.5 Å². The molecule has 1 atom stereocenters. The fourth-order valence-corrected chi connectivity index (χ4v) is 5.87. The van der Waals surface area contributed by atoms with E-state index in [1.807, 2.05) is 0 Å². The summed E-state index contributed by atoms with van der Waals surface area (Å²) in [5.74, 6) is -2.74. The molecule has 226 valence electrons. The minimum absolute atomic E-state index is 0.128. The molecule has 3 heterocycles. The van der Waals surface area contributed by atoms with Gasteiger partial charge >= 0.3 is 6.36 Å². The number of carbonyl (C=O) groups excluding carboxylic acids is 4. The highest BCUT2D eigenvalue weighted by molar-refractivity contribution is 6.22. The minimum atomic E-state index is -4.87. The van der Waals surface area contributed by atoms with Crippen LogP contribution in [0, 0.1) is 17.2 Å². The molecule has 43 heavy (non-hydrogen) atoms. The van der Waals surface area contributed by atoms with Gasteiger partial charge in [-0.05, 0) is 57.0 Å². The Hall–Kier alpha value is -4.44. The van der Waals surface area contributed by atoms with Crippen molar-refractivity contribution < 1.29 is 41.8 Å². The van der Waals surface area contributed by atoms with Crippen LogP contribution < -0.4 is 14.8 Å². The first-order chi connectivity index (χ1) is 20.5. The quantitative estimate of drug-likeness (QED) is 0.343. The number of carbonyl (C=O) groups is 4. The number of nitrogens with zero attached hydrogens (tertiary/aromatic N) is 3. The van der Waals surface area contributed by atoms with Crippen molar-refractivity contribution in [2.75, 3.05) is 32.8 Å². The van der Waals surface area contributed by atoms with Gasteiger partial charge in [0.2, 0.25) is 11.8 Å². The Morgan fingerprint density at radius 2 is 1.72 bits per heavy atom. The molecule has 0 spiro atoms. The third-order valence-electron chi connectivity index (χ3n) is 8.15. The standard InChI is InChI=1S/C30H29F3N4O6/c31-30(32,33)43-22-7-2-1-6-21(22)29(18-34)11-14-36(15-12-29)13-4-16-42-23-8-3-5-20-25(23)28(41)37(27(20)40)17-19-9-10-24(38)35-26(19)39/h1-3,5-8,19H,4,9-17H2,(H,35,38,39)/t19-/m0/s1. The number of benzene rings is 2. The second-order valence-electron chi connectivity index (χ2n) is 10.8. The number of nitrogens with one attached hydrogen (secondary N) is 1. The summed E-state index contributed by atoms with van der Waals surface area (Å²) in [6.07, 6.45) is -3.26. The zero-order valence-electron chi connectivity index (χ0n) is 23.1. The molecule has 10 nitrogen and oxygen atoms in total. The number of likely N-dealkylation sites (tertiary alicyclic amines) is 1. The topological polar surface area (TPSA) is 129 Å². The number of alkyl halides is 3. The lowest BCUT2D eigenvalue weighted by molar-refractivity contribution is -0.275. The van der Waals surface area contributed by atoms with Crippen LogP contribution in [0.2, 0.25) is 0 Å². The van der Waals surface area contributed by atoms with E-state index in [0.29, 0.717) is 38.9 Å². The molecule has 0 aliphatic carbocycles. The molecule has 13 heteroatoms. The van der Waals surface area contributed by atoms with Crippen LogP contribution in [-0.2, 0) is 15.0 Å². The molecule has 5 rings (SSSR count). The van der Waals surface area contributed by atoms with E-state index < -0.39 is 35.4 Å². The molecule has 2 fully saturated rings. The fourth-order valence-electron chi connectivity index (χ4n) is 5.87. The number of hydrogen-bond acceptors (Lipinski definition) is 8. The Morgan fingerprint density at radius 3 is 2.42 bits per heavy atom. The molecule has 3 aliphatic heterocycles. The maximum absolute atomic E-state index is 13.2. The van der Waals surface area contributed by atoms with E-state index in [9.17, 15) is 37.6 Å². The van der Waals surface area contributed by atoms with Crippen LogP contribution in [0.15, 0.2) is 42.5 Å². The second-order valence-corrected chi connectivity index (χ2v) is 10.8. The van der Waals surface area contributed by atoms with Crippen molar-refractivity contribution in [1.82, 2.24) is 15.1 Å². The van der Waals surface area contributed by atoms with Gasteiger partial charge in [0.05, 0.1) is 35.1 Å². The maximum Gasteiger partial charge on any atom is 0.573 e. The van der Waals surface area contributed by atoms with Crippen molar-refractivity contribution in [2.24, 2.45) is 5.92 Å². The normalized spacial score (nSPS) is 20.4. The molecule has 2 aromatic carbocycles. The summed E-state index contributed by atoms with van der Waals surface area (Å²) in [6.45, 7) is 1.66. The molecule has 0 unspecified atom stereocenters. The van der Waals surface area contributed by atoms with Gasteiger partial charge in [-0.15, -0.1) is 13.2 Å². The predicted octanol–water partition coefficient (Wildman–Crippen LogP) is 3.56. The summed E-state index contributed by atoms with van der Waals surface area (Å²) >= 11 is 0. The highest BCUT2D eigenvalue weighted by Gasteiger charge is 2.42. The number of piperidine rings is 2. The predicted molar refractivity (Wildman–Crippen MR) is 144 cm³/mol. The van der Waals surface area contributed by atoms with Gasteiger partial charge in [0, 0.05) is 25.1 Å². The van der Waals surface area contributed by atoms with E-state index in [0.717, 1.165) is 4.90 Å². The SMILES string of the molecule is N#CC1(c2ccccc2OC(F)(F)F)CCN(CCCOc2cccc3c2C(=O)N(C[C@@H]2CCC(=O)NC2=O)C3=O)CC1. The van der Waals surface area contributed by atoms with Crippen molar-refractivity contribution >= 4 is 23.6 Å². The van der Waals surface area contributed by atoms with Gasteiger partial charge < -0.3 is 14.4 Å². The van der Waals surface area contributed by atoms with Crippen LogP contribution in [0.5, 0.6) is 11.5 Å². The lowest BCUT2D eigenvalue weighted by Gasteiger charge is -2.38. The summed E-state index contributed by atoms with van der Waals surface area (Å²) in [5, 5.41) is 12.2. The van der Waals surface area contributed by atoms with Crippen molar-refractivity contribution in [3.05, 3.63) is 59.2 Å². The van der Waals surface area contributed by atoms with E-state index >= 15 is 0 Å². The highest BCUT2D eigenvalue weighted by Crippen LogP contribution is 2.41. The van der Waals surface area contributed by atoms with Gasteiger partial charge in [0.25, 0.3) is 11.8 Å². The summed E-state index contributed by atoms with van der Waals surface area (Å²) < 4.78 is 48.9. The highest BCUT2D eigenvalue weighted by atomic mass is 19.4. The molecular weight excluding hydrogens is 569 g/mol. The lowest BCUT2D eigenvalue weighted by atomic mass is 9.73. The van der Waals surface area contributed by atoms with Crippen molar-refractivity contribution in [3.8, 4) is 17.6 Å². The number of nitriles is 1.